The summed E-state index contributed by atoms with van der Waals surface area (Å²) in [6.45, 7) is 4.13. The van der Waals surface area contributed by atoms with Crippen LogP contribution in [0.1, 0.15) is 83.6 Å². The van der Waals surface area contributed by atoms with Gasteiger partial charge in [-0.05, 0) is 43.5 Å². The molecule has 0 amide bonds. The summed E-state index contributed by atoms with van der Waals surface area (Å²) < 4.78 is 5.38. The Hall–Kier alpha value is -1.28. The van der Waals surface area contributed by atoms with E-state index in [1.54, 1.807) is 12.2 Å². The Morgan fingerprint density at radius 2 is 1.42 bits per heavy atom. The summed E-state index contributed by atoms with van der Waals surface area (Å²) in [6, 6.07) is 8.09. The maximum Gasteiger partial charge on any atom is 0.217 e. The first-order chi connectivity index (χ1) is 11.8. The van der Waals surface area contributed by atoms with Gasteiger partial charge in [-0.3, -0.25) is 0 Å². The van der Waals surface area contributed by atoms with Gasteiger partial charge in [0.25, 0.3) is 0 Å². The quantitative estimate of drug-likeness (QED) is 0.242. The van der Waals surface area contributed by atoms with Crippen LogP contribution < -0.4 is 4.74 Å². The molecule has 1 aromatic carbocycles. The normalized spacial score (nSPS) is 12.6. The highest BCUT2D eigenvalue weighted by Crippen LogP contribution is 2.16. The zero-order valence-electron chi connectivity index (χ0n) is 15.7. The highest BCUT2D eigenvalue weighted by Gasteiger charge is 2.01. The van der Waals surface area contributed by atoms with Crippen molar-refractivity contribution in [3.8, 4) is 5.75 Å². The average Bonchev–Trinajstić information content (AvgIpc) is 2.58. The van der Waals surface area contributed by atoms with Crippen LogP contribution in [0.4, 0.5) is 0 Å². The molecule has 24 heavy (non-hydrogen) atoms. The second kappa shape index (κ2) is 14.1. The fourth-order valence-corrected chi connectivity index (χ4v) is 2.89. The molecule has 1 N–H and O–H groups in total. The first kappa shape index (κ1) is 20.8. The molecule has 1 rings (SSSR count). The van der Waals surface area contributed by atoms with E-state index in [2.05, 4.69) is 19.1 Å². The molecular weight excluding hydrogens is 296 g/mol. The molecule has 0 saturated heterocycles. The second-order valence-corrected chi connectivity index (χ2v) is 6.61. The minimum absolute atomic E-state index is 0.715. The van der Waals surface area contributed by atoms with Gasteiger partial charge in [0.1, 0.15) is 5.75 Å². The molecule has 136 valence electrons. The first-order valence-corrected chi connectivity index (χ1v) is 9.82. The number of aryl methyl sites for hydroxylation is 1. The van der Waals surface area contributed by atoms with E-state index < -0.39 is 6.29 Å². The van der Waals surface area contributed by atoms with Gasteiger partial charge < -0.3 is 9.84 Å². The predicted molar refractivity (Wildman–Crippen MR) is 103 cm³/mol. The Bertz CT molecular complexity index is 422. The lowest BCUT2D eigenvalue weighted by molar-refractivity contribution is 0.0247. The topological polar surface area (TPSA) is 29.5 Å². The van der Waals surface area contributed by atoms with Crippen molar-refractivity contribution in [3.05, 3.63) is 42.0 Å². The zero-order chi connectivity index (χ0) is 17.5. The van der Waals surface area contributed by atoms with Gasteiger partial charge in [-0.1, -0.05) is 82.9 Å². The lowest BCUT2D eigenvalue weighted by Gasteiger charge is -2.10. The fourth-order valence-electron chi connectivity index (χ4n) is 2.89. The van der Waals surface area contributed by atoms with Crippen molar-refractivity contribution < 1.29 is 9.84 Å². The van der Waals surface area contributed by atoms with Gasteiger partial charge in [0.2, 0.25) is 6.29 Å². The number of unbranched alkanes of at least 4 members (excludes halogenated alkanes) is 9. The fraction of sp³-hybridized carbons (Fsp3) is 0.636. The molecule has 0 aliphatic heterocycles. The van der Waals surface area contributed by atoms with Crippen molar-refractivity contribution in [1.29, 1.82) is 0 Å². The number of aliphatic hydroxyl groups excluding tert-OH is 1. The largest absolute Gasteiger partial charge is 0.461 e. The van der Waals surface area contributed by atoms with Crippen molar-refractivity contribution in [2.75, 3.05) is 0 Å². The second-order valence-electron chi connectivity index (χ2n) is 6.61. The maximum absolute atomic E-state index is 9.57. The third-order valence-corrected chi connectivity index (χ3v) is 4.36. The summed E-state index contributed by atoms with van der Waals surface area (Å²) in [5, 5.41) is 9.57. The van der Waals surface area contributed by atoms with Gasteiger partial charge in [0, 0.05) is 0 Å². The average molecular weight is 333 g/mol. The summed E-state index contributed by atoms with van der Waals surface area (Å²) in [4.78, 5) is 0. The lowest BCUT2D eigenvalue weighted by atomic mass is 10.0. The summed E-state index contributed by atoms with van der Waals surface area (Å²) in [7, 11) is 0. The van der Waals surface area contributed by atoms with Crippen LogP contribution in [0.25, 0.3) is 0 Å². The van der Waals surface area contributed by atoms with Crippen molar-refractivity contribution in [2.24, 2.45) is 0 Å². The molecule has 0 spiro atoms. The molecule has 2 heteroatoms. The van der Waals surface area contributed by atoms with Crippen LogP contribution in [-0.4, -0.2) is 11.4 Å². The van der Waals surface area contributed by atoms with Gasteiger partial charge in [-0.2, -0.15) is 0 Å². The van der Waals surface area contributed by atoms with Crippen molar-refractivity contribution in [3.63, 3.8) is 0 Å². The standard InChI is InChI=1S/C22H36O2/c1-3-5-6-7-8-9-10-11-12-13-15-20-16-18-21(19-17-20)24-22(23)14-4-2/h4,14,16-19,22-23H,3,5-13,15H2,1-2H3. The van der Waals surface area contributed by atoms with E-state index in [4.69, 9.17) is 4.74 Å². The molecule has 1 atom stereocenters. The van der Waals surface area contributed by atoms with E-state index >= 15 is 0 Å². The van der Waals surface area contributed by atoms with Crippen LogP contribution in [0, 0.1) is 0 Å². The van der Waals surface area contributed by atoms with Crippen LogP contribution in [0.2, 0.25) is 0 Å². The molecule has 2 nitrogen and oxygen atoms in total. The van der Waals surface area contributed by atoms with E-state index in [-0.39, 0.29) is 0 Å². The number of ether oxygens (including phenoxy) is 1. The van der Waals surface area contributed by atoms with E-state index in [1.807, 2.05) is 19.1 Å². The Morgan fingerprint density at radius 3 is 1.96 bits per heavy atom. The van der Waals surface area contributed by atoms with Gasteiger partial charge >= 0.3 is 0 Å². The zero-order valence-corrected chi connectivity index (χ0v) is 15.7. The number of benzene rings is 1. The smallest absolute Gasteiger partial charge is 0.217 e. The molecule has 0 aliphatic carbocycles. The molecular formula is C22H36O2. The summed E-state index contributed by atoms with van der Waals surface area (Å²) in [6.07, 6.45) is 17.4. The molecule has 0 radical (unpaired) electrons. The number of allylic oxidation sites excluding steroid dienone is 1. The minimum atomic E-state index is -0.858. The molecule has 0 fully saturated rings. The van der Waals surface area contributed by atoms with Gasteiger partial charge in [0.15, 0.2) is 0 Å². The third-order valence-electron chi connectivity index (χ3n) is 4.36. The van der Waals surface area contributed by atoms with Crippen molar-refractivity contribution in [2.45, 2.75) is 90.8 Å². The van der Waals surface area contributed by atoms with Gasteiger partial charge in [-0.25, -0.2) is 0 Å². The minimum Gasteiger partial charge on any atom is -0.461 e. The van der Waals surface area contributed by atoms with Crippen LogP contribution in [0.3, 0.4) is 0 Å². The molecule has 0 aliphatic rings. The van der Waals surface area contributed by atoms with Crippen LogP contribution in [-0.2, 0) is 6.42 Å². The molecule has 1 aromatic rings. The highest BCUT2D eigenvalue weighted by molar-refractivity contribution is 5.27. The van der Waals surface area contributed by atoms with Crippen LogP contribution >= 0.6 is 0 Å². The maximum atomic E-state index is 9.57. The third kappa shape index (κ3) is 10.5. The Kier molecular flexibility index (Phi) is 12.2. The van der Waals surface area contributed by atoms with Crippen molar-refractivity contribution >= 4 is 0 Å². The molecule has 0 saturated carbocycles. The predicted octanol–water partition coefficient (Wildman–Crippen LogP) is 6.42. The Balaban J connectivity index is 2.05. The van der Waals surface area contributed by atoms with Crippen LogP contribution in [0.5, 0.6) is 5.75 Å². The number of hydrogen-bond donors (Lipinski definition) is 1. The summed E-state index contributed by atoms with van der Waals surface area (Å²) in [5.41, 5.74) is 1.35. The van der Waals surface area contributed by atoms with Gasteiger partial charge in [-0.15, -0.1) is 0 Å². The van der Waals surface area contributed by atoms with Gasteiger partial charge in [0.05, 0.1) is 0 Å². The number of aliphatic hydroxyl groups is 1. The molecule has 0 bridgehead atoms. The summed E-state index contributed by atoms with van der Waals surface area (Å²) in [5.74, 6) is 0.715. The van der Waals surface area contributed by atoms with E-state index in [1.165, 1.54) is 69.8 Å². The Morgan fingerprint density at radius 1 is 0.875 bits per heavy atom. The van der Waals surface area contributed by atoms with E-state index in [9.17, 15) is 5.11 Å². The SMILES string of the molecule is CC=CC(O)Oc1ccc(CCCCCCCCCCCC)cc1. The number of rotatable bonds is 14. The molecule has 0 aromatic heterocycles. The first-order valence-electron chi connectivity index (χ1n) is 9.82. The lowest BCUT2D eigenvalue weighted by Crippen LogP contribution is -2.11. The molecule has 1 unspecified atom stereocenters. The number of hydrogen-bond acceptors (Lipinski definition) is 2. The molecule has 0 heterocycles. The highest BCUT2D eigenvalue weighted by atomic mass is 16.6. The van der Waals surface area contributed by atoms with Crippen LogP contribution in [0.15, 0.2) is 36.4 Å². The van der Waals surface area contributed by atoms with E-state index in [0.29, 0.717) is 5.75 Å². The monoisotopic (exact) mass is 332 g/mol. The summed E-state index contributed by atoms with van der Waals surface area (Å²) >= 11 is 0. The van der Waals surface area contributed by atoms with E-state index in [0.717, 1.165) is 6.42 Å². The van der Waals surface area contributed by atoms with Crippen molar-refractivity contribution in [1.82, 2.24) is 0 Å². The Labute approximate surface area is 148 Å².